The molecule has 0 aliphatic heterocycles. The lowest BCUT2D eigenvalue weighted by atomic mass is 10.1. The van der Waals surface area contributed by atoms with Gasteiger partial charge in [0, 0.05) is 41.2 Å². The molecule has 6 nitrogen and oxygen atoms in total. The fraction of sp³-hybridized carbons (Fsp3) is 0.158. The van der Waals surface area contributed by atoms with Crippen molar-refractivity contribution in [2.24, 2.45) is 0 Å². The first-order valence-corrected chi connectivity index (χ1v) is 8.95. The highest BCUT2D eigenvalue weighted by Crippen LogP contribution is 2.22. The van der Waals surface area contributed by atoms with Gasteiger partial charge < -0.3 is 4.98 Å². The molecule has 132 valence electrons. The molecule has 0 fully saturated rings. The van der Waals surface area contributed by atoms with Crippen LogP contribution >= 0.6 is 11.8 Å². The van der Waals surface area contributed by atoms with Crippen LogP contribution in [0.4, 0.5) is 0 Å². The molecule has 0 bridgehead atoms. The second-order valence-corrected chi connectivity index (χ2v) is 7.09. The Morgan fingerprint density at radius 2 is 1.92 bits per heavy atom. The van der Waals surface area contributed by atoms with Gasteiger partial charge in [-0.1, -0.05) is 30.0 Å². The Kier molecular flexibility index (Phi) is 5.48. The molecule has 3 aromatic rings. The molecule has 0 aliphatic carbocycles. The molecule has 0 spiro atoms. The molecule has 0 saturated carbocycles. The summed E-state index contributed by atoms with van der Waals surface area (Å²) in [7, 11) is 0. The van der Waals surface area contributed by atoms with Gasteiger partial charge >= 0.3 is 0 Å². The van der Waals surface area contributed by atoms with Gasteiger partial charge in [-0.05, 0) is 31.5 Å². The Balaban J connectivity index is 1.78. The fourth-order valence-corrected chi connectivity index (χ4v) is 3.28. The summed E-state index contributed by atoms with van der Waals surface area (Å²) in [6, 6.07) is 9.66. The highest BCUT2D eigenvalue weighted by atomic mass is 32.2. The standard InChI is InChI=1S/C19H20N6S/c1-12-6-7-13(2)24-14(10-22-9-12)8-18(20)26-19(21)15-4-3-5-17-16(15)11-23-25-17/h3-7,9-11,20-21,24H,8H2,1-2H3,(H,23,25). The minimum Gasteiger partial charge on any atom is -0.361 e. The van der Waals surface area contributed by atoms with Gasteiger partial charge in [-0.3, -0.25) is 20.9 Å². The molecule has 0 radical (unpaired) electrons. The van der Waals surface area contributed by atoms with Gasteiger partial charge in [0.15, 0.2) is 0 Å². The maximum absolute atomic E-state index is 8.37. The first-order valence-electron chi connectivity index (χ1n) is 8.13. The van der Waals surface area contributed by atoms with Crippen molar-refractivity contribution < 1.29 is 0 Å². The molecule has 2 heterocycles. The number of fused-ring (bicyclic) bond motifs is 1. The first-order chi connectivity index (χ1) is 12.5. The number of hydrogen-bond donors (Lipinski definition) is 4. The maximum atomic E-state index is 8.37. The zero-order valence-corrected chi connectivity index (χ0v) is 15.4. The van der Waals surface area contributed by atoms with E-state index >= 15 is 0 Å². The second kappa shape index (κ2) is 7.97. The number of benzene rings is 1. The molecule has 0 saturated heterocycles. The van der Waals surface area contributed by atoms with Gasteiger partial charge in [0.1, 0.15) is 5.04 Å². The lowest BCUT2D eigenvalue weighted by Crippen LogP contribution is -2.04. The molecule has 7 heteroatoms. The molecule has 0 amide bonds. The molecular weight excluding hydrogens is 344 g/mol. The smallest absolute Gasteiger partial charge is 0.101 e. The lowest BCUT2D eigenvalue weighted by Gasteiger charge is -2.06. The summed E-state index contributed by atoms with van der Waals surface area (Å²) in [5.41, 5.74) is 4.53. The van der Waals surface area contributed by atoms with E-state index in [0.29, 0.717) is 16.5 Å². The number of nitrogens with one attached hydrogen (secondary N) is 4. The van der Waals surface area contributed by atoms with Crippen LogP contribution in [0.25, 0.3) is 10.9 Å². The monoisotopic (exact) mass is 364 g/mol. The van der Waals surface area contributed by atoms with Crippen molar-refractivity contribution in [3.05, 3.63) is 71.4 Å². The summed E-state index contributed by atoms with van der Waals surface area (Å²) >= 11 is 1.14. The van der Waals surface area contributed by atoms with Crippen molar-refractivity contribution in [2.75, 3.05) is 0 Å². The third kappa shape index (κ3) is 4.37. The number of nitrogens with zero attached hydrogens (tertiary/aromatic N) is 2. The van der Waals surface area contributed by atoms with E-state index in [9.17, 15) is 0 Å². The van der Waals surface area contributed by atoms with Crippen molar-refractivity contribution in [3.63, 3.8) is 0 Å². The highest BCUT2D eigenvalue weighted by molar-refractivity contribution is 8.26. The summed E-state index contributed by atoms with van der Waals surface area (Å²) in [6.45, 7) is 3.96. The largest absolute Gasteiger partial charge is 0.361 e. The molecule has 1 aromatic carbocycles. The minimum atomic E-state index is 0.332. The van der Waals surface area contributed by atoms with Gasteiger partial charge in [-0.25, -0.2) is 0 Å². The van der Waals surface area contributed by atoms with Crippen molar-refractivity contribution in [1.82, 2.24) is 20.2 Å². The predicted octanol–water partition coefficient (Wildman–Crippen LogP) is 4.31. The van der Waals surface area contributed by atoms with Crippen LogP contribution in [0.1, 0.15) is 22.5 Å². The fourth-order valence-electron chi connectivity index (χ4n) is 2.51. The summed E-state index contributed by atoms with van der Waals surface area (Å²) in [6.07, 6.45) is 5.62. The third-order valence-corrected chi connectivity index (χ3v) is 4.58. The quantitative estimate of drug-likeness (QED) is 0.411. The van der Waals surface area contributed by atoms with E-state index in [1.54, 1.807) is 18.6 Å². The van der Waals surface area contributed by atoms with Crippen LogP contribution in [-0.4, -0.2) is 30.3 Å². The number of thioether (sulfide) groups is 1. The summed E-state index contributed by atoms with van der Waals surface area (Å²) in [5, 5.41) is 25.2. The Bertz CT molecular complexity index is 1020. The topological polar surface area (TPSA) is 105 Å². The van der Waals surface area contributed by atoms with Crippen molar-refractivity contribution in [2.45, 2.75) is 20.3 Å². The Morgan fingerprint density at radius 3 is 2.77 bits per heavy atom. The predicted molar refractivity (Wildman–Crippen MR) is 108 cm³/mol. The van der Waals surface area contributed by atoms with E-state index in [1.165, 1.54) is 0 Å². The van der Waals surface area contributed by atoms with Gasteiger partial charge in [-0.15, -0.1) is 0 Å². The highest BCUT2D eigenvalue weighted by Gasteiger charge is 2.11. The molecule has 0 unspecified atom stereocenters. The Hall–Kier alpha value is -2.93. The van der Waals surface area contributed by atoms with Crippen molar-refractivity contribution in [1.29, 1.82) is 10.8 Å². The van der Waals surface area contributed by atoms with E-state index in [0.717, 1.165) is 45.2 Å². The summed E-state index contributed by atoms with van der Waals surface area (Å²) in [5.74, 6) is 0. The average Bonchev–Trinajstić information content (AvgIpc) is 3.09. The van der Waals surface area contributed by atoms with E-state index in [4.69, 9.17) is 10.8 Å². The normalized spacial score (nSPS) is 10.5. The zero-order valence-electron chi connectivity index (χ0n) is 14.6. The van der Waals surface area contributed by atoms with E-state index < -0.39 is 0 Å². The van der Waals surface area contributed by atoms with Crippen LogP contribution in [0.15, 0.2) is 48.9 Å². The van der Waals surface area contributed by atoms with Crippen molar-refractivity contribution in [3.8, 4) is 0 Å². The van der Waals surface area contributed by atoms with Gasteiger partial charge in [-0.2, -0.15) is 5.10 Å². The van der Waals surface area contributed by atoms with E-state index in [-0.39, 0.29) is 0 Å². The Labute approximate surface area is 155 Å². The summed E-state index contributed by atoms with van der Waals surface area (Å²) in [4.78, 5) is 7.56. The second-order valence-electron chi connectivity index (χ2n) is 5.99. The molecule has 0 aliphatic rings. The zero-order chi connectivity index (χ0) is 18.5. The van der Waals surface area contributed by atoms with Gasteiger partial charge in [0.05, 0.1) is 16.8 Å². The van der Waals surface area contributed by atoms with Crippen LogP contribution in [-0.2, 0) is 6.42 Å². The van der Waals surface area contributed by atoms with Gasteiger partial charge in [0.2, 0.25) is 0 Å². The van der Waals surface area contributed by atoms with Crippen molar-refractivity contribution >= 4 is 32.8 Å². The van der Waals surface area contributed by atoms with E-state index in [1.807, 2.05) is 44.2 Å². The summed E-state index contributed by atoms with van der Waals surface area (Å²) < 4.78 is 0. The average molecular weight is 364 g/mol. The number of aryl methyl sites for hydroxylation is 2. The third-order valence-electron chi connectivity index (χ3n) is 3.77. The SMILES string of the molecule is Cc1ccc(C)[nH]c(CC(=N)SC(=N)c2cccc3[nH]ncc23)cnc1. The number of aromatic nitrogens is 4. The lowest BCUT2D eigenvalue weighted by molar-refractivity contribution is 1.08. The molecule has 26 heavy (non-hydrogen) atoms. The Morgan fingerprint density at radius 1 is 1.08 bits per heavy atom. The van der Waals surface area contributed by atoms with Crippen LogP contribution in [0, 0.1) is 24.7 Å². The number of hydrogen-bond acceptors (Lipinski definition) is 5. The molecule has 0 atom stereocenters. The van der Waals surface area contributed by atoms with E-state index in [2.05, 4.69) is 20.2 Å². The van der Waals surface area contributed by atoms with Crippen LogP contribution < -0.4 is 0 Å². The maximum Gasteiger partial charge on any atom is 0.101 e. The molecule has 3 rings (SSSR count). The number of H-pyrrole nitrogens is 2. The van der Waals surface area contributed by atoms with Crippen LogP contribution in [0.5, 0.6) is 0 Å². The van der Waals surface area contributed by atoms with Crippen LogP contribution in [0.2, 0.25) is 0 Å². The first kappa shape index (κ1) is 17.9. The molecule has 2 aromatic heterocycles. The molecule has 4 N–H and O–H groups in total. The molecular formula is C19H20N6S. The minimum absolute atomic E-state index is 0.332. The van der Waals surface area contributed by atoms with Gasteiger partial charge in [0.25, 0.3) is 0 Å². The number of rotatable bonds is 3. The van der Waals surface area contributed by atoms with Crippen LogP contribution in [0.3, 0.4) is 0 Å². The number of aromatic amines is 2.